The Hall–Kier alpha value is -0.780. The first-order valence-corrected chi connectivity index (χ1v) is 8.32. The van der Waals surface area contributed by atoms with Crippen molar-refractivity contribution in [2.75, 3.05) is 26.8 Å². The summed E-state index contributed by atoms with van der Waals surface area (Å²) < 4.78 is 11.8. The highest BCUT2D eigenvalue weighted by atomic mass is 79.9. The van der Waals surface area contributed by atoms with E-state index in [1.807, 2.05) is 12.1 Å². The first-order valence-electron chi connectivity index (χ1n) is 7.53. The molecule has 1 heterocycles. The topological polar surface area (TPSA) is 41.9 Å². The molecule has 21 heavy (non-hydrogen) atoms. The quantitative estimate of drug-likeness (QED) is 0.845. The third kappa shape index (κ3) is 4.59. The summed E-state index contributed by atoms with van der Waals surface area (Å²) in [5.74, 6) is 0.666. The molecule has 0 bridgehead atoms. The number of nitrogens with zero attached hydrogens (tertiary/aromatic N) is 1. The van der Waals surface area contributed by atoms with Gasteiger partial charge in [0.05, 0.1) is 17.7 Å². The molecule has 118 valence electrons. The van der Waals surface area contributed by atoms with Crippen molar-refractivity contribution in [3.63, 3.8) is 0 Å². The number of benzene rings is 1. The number of rotatable bonds is 6. The number of phenols is 1. The zero-order chi connectivity index (χ0) is 15.2. The van der Waals surface area contributed by atoms with E-state index in [9.17, 15) is 5.11 Å². The number of phenolic OH excluding ortho intramolecular Hbond substituents is 1. The second-order valence-corrected chi connectivity index (χ2v) is 6.35. The van der Waals surface area contributed by atoms with Crippen LogP contribution in [0.4, 0.5) is 0 Å². The zero-order valence-electron chi connectivity index (χ0n) is 12.8. The molecule has 1 unspecified atom stereocenters. The van der Waals surface area contributed by atoms with Crippen LogP contribution in [0.5, 0.6) is 11.5 Å². The number of halogens is 1. The van der Waals surface area contributed by atoms with Gasteiger partial charge in [-0.3, -0.25) is 4.90 Å². The van der Waals surface area contributed by atoms with Crippen molar-refractivity contribution < 1.29 is 14.6 Å². The molecular weight excluding hydrogens is 334 g/mol. The zero-order valence-corrected chi connectivity index (χ0v) is 14.4. The fourth-order valence-electron chi connectivity index (χ4n) is 2.71. The Morgan fingerprint density at radius 1 is 1.43 bits per heavy atom. The standard InChI is InChI=1S/C16H24BrNO3/c1-3-7-21-13-5-4-6-18(11-13)10-12-8-14(17)16(19)15(9-12)20-2/h8-9,13,19H,3-7,10-11H2,1-2H3. The van der Waals surface area contributed by atoms with Crippen LogP contribution >= 0.6 is 15.9 Å². The van der Waals surface area contributed by atoms with Crippen LogP contribution in [0, 0.1) is 0 Å². The maximum absolute atomic E-state index is 9.86. The van der Waals surface area contributed by atoms with Crippen molar-refractivity contribution in [2.45, 2.75) is 38.8 Å². The molecule has 0 saturated carbocycles. The molecule has 0 aliphatic carbocycles. The molecule has 1 aromatic rings. The van der Waals surface area contributed by atoms with E-state index in [1.165, 1.54) is 6.42 Å². The van der Waals surface area contributed by atoms with E-state index in [1.54, 1.807) is 7.11 Å². The molecule has 0 aromatic heterocycles. The third-order valence-electron chi connectivity index (χ3n) is 3.73. The van der Waals surface area contributed by atoms with Gasteiger partial charge in [-0.1, -0.05) is 6.92 Å². The molecule has 1 aliphatic rings. The second-order valence-electron chi connectivity index (χ2n) is 5.50. The van der Waals surface area contributed by atoms with Crippen molar-refractivity contribution in [1.29, 1.82) is 0 Å². The van der Waals surface area contributed by atoms with Gasteiger partial charge in [0.2, 0.25) is 0 Å². The van der Waals surface area contributed by atoms with Gasteiger partial charge in [-0.05, 0) is 59.4 Å². The molecule has 1 atom stereocenters. The Balaban J connectivity index is 1.99. The molecule has 0 radical (unpaired) electrons. The Morgan fingerprint density at radius 3 is 2.95 bits per heavy atom. The van der Waals surface area contributed by atoms with Gasteiger partial charge in [0, 0.05) is 19.7 Å². The number of piperidine rings is 1. The van der Waals surface area contributed by atoms with Gasteiger partial charge >= 0.3 is 0 Å². The highest BCUT2D eigenvalue weighted by molar-refractivity contribution is 9.10. The molecule has 5 heteroatoms. The minimum Gasteiger partial charge on any atom is -0.503 e. The lowest BCUT2D eigenvalue weighted by Gasteiger charge is -2.32. The number of aromatic hydroxyl groups is 1. The Labute approximate surface area is 135 Å². The number of hydrogen-bond donors (Lipinski definition) is 1. The Bertz CT molecular complexity index is 467. The summed E-state index contributed by atoms with van der Waals surface area (Å²) in [6.45, 7) is 5.90. The average molecular weight is 358 g/mol. The molecule has 4 nitrogen and oxygen atoms in total. The van der Waals surface area contributed by atoms with Gasteiger partial charge in [-0.15, -0.1) is 0 Å². The average Bonchev–Trinajstić information content (AvgIpc) is 2.49. The summed E-state index contributed by atoms with van der Waals surface area (Å²) in [5, 5.41) is 9.86. The minimum absolute atomic E-state index is 0.157. The SMILES string of the molecule is CCCOC1CCCN(Cc2cc(Br)c(O)c(OC)c2)C1. The van der Waals surface area contributed by atoms with E-state index in [0.717, 1.165) is 44.6 Å². The maximum Gasteiger partial charge on any atom is 0.172 e. The van der Waals surface area contributed by atoms with Gasteiger partial charge < -0.3 is 14.6 Å². The predicted octanol–water partition coefficient (Wildman–Crippen LogP) is 3.55. The second kappa shape index (κ2) is 8.01. The van der Waals surface area contributed by atoms with E-state index in [2.05, 4.69) is 27.8 Å². The maximum atomic E-state index is 9.86. The molecule has 1 fully saturated rings. The van der Waals surface area contributed by atoms with E-state index < -0.39 is 0 Å². The van der Waals surface area contributed by atoms with Crippen LogP contribution in [0.3, 0.4) is 0 Å². The number of likely N-dealkylation sites (tertiary alicyclic amines) is 1. The van der Waals surface area contributed by atoms with Crippen LogP contribution in [0.25, 0.3) is 0 Å². The number of hydrogen-bond acceptors (Lipinski definition) is 4. The first-order chi connectivity index (χ1) is 10.1. The highest BCUT2D eigenvalue weighted by Gasteiger charge is 2.21. The van der Waals surface area contributed by atoms with Gasteiger partial charge in [-0.2, -0.15) is 0 Å². The van der Waals surface area contributed by atoms with Crippen LogP contribution < -0.4 is 4.74 Å². The van der Waals surface area contributed by atoms with E-state index in [0.29, 0.717) is 16.3 Å². The van der Waals surface area contributed by atoms with Crippen LogP contribution in [0.2, 0.25) is 0 Å². The summed E-state index contributed by atoms with van der Waals surface area (Å²) in [6, 6.07) is 3.85. The van der Waals surface area contributed by atoms with Crippen molar-refractivity contribution >= 4 is 15.9 Å². The lowest BCUT2D eigenvalue weighted by Crippen LogP contribution is -2.39. The Morgan fingerprint density at radius 2 is 2.24 bits per heavy atom. The molecule has 0 amide bonds. The lowest BCUT2D eigenvalue weighted by atomic mass is 10.1. The predicted molar refractivity (Wildman–Crippen MR) is 86.9 cm³/mol. The van der Waals surface area contributed by atoms with Gasteiger partial charge in [0.1, 0.15) is 0 Å². The molecule has 2 rings (SSSR count). The lowest BCUT2D eigenvalue weighted by molar-refractivity contribution is -0.00224. The van der Waals surface area contributed by atoms with Crippen LogP contribution in [-0.4, -0.2) is 42.9 Å². The molecule has 0 spiro atoms. The van der Waals surface area contributed by atoms with Gasteiger partial charge in [-0.25, -0.2) is 0 Å². The Kier molecular flexibility index (Phi) is 6.33. The molecule has 1 N–H and O–H groups in total. The van der Waals surface area contributed by atoms with Crippen molar-refractivity contribution in [2.24, 2.45) is 0 Å². The molecular formula is C16H24BrNO3. The largest absolute Gasteiger partial charge is 0.503 e. The normalized spacial score (nSPS) is 19.7. The van der Waals surface area contributed by atoms with Gasteiger partial charge in [0.25, 0.3) is 0 Å². The van der Waals surface area contributed by atoms with E-state index in [4.69, 9.17) is 9.47 Å². The van der Waals surface area contributed by atoms with Crippen LogP contribution in [0.1, 0.15) is 31.7 Å². The summed E-state index contributed by atoms with van der Waals surface area (Å²) in [5.41, 5.74) is 1.13. The van der Waals surface area contributed by atoms with Crippen molar-refractivity contribution in [3.8, 4) is 11.5 Å². The molecule has 1 aliphatic heterocycles. The first kappa shape index (κ1) is 16.6. The summed E-state index contributed by atoms with van der Waals surface area (Å²) >= 11 is 3.38. The van der Waals surface area contributed by atoms with Gasteiger partial charge in [0.15, 0.2) is 11.5 Å². The van der Waals surface area contributed by atoms with E-state index in [-0.39, 0.29) is 5.75 Å². The third-order valence-corrected chi connectivity index (χ3v) is 4.34. The minimum atomic E-state index is 0.157. The van der Waals surface area contributed by atoms with Crippen molar-refractivity contribution in [1.82, 2.24) is 4.90 Å². The summed E-state index contributed by atoms with van der Waals surface area (Å²) in [4.78, 5) is 2.40. The number of ether oxygens (including phenoxy) is 2. The van der Waals surface area contributed by atoms with Crippen LogP contribution in [0.15, 0.2) is 16.6 Å². The molecule has 1 aromatic carbocycles. The summed E-state index contributed by atoms with van der Waals surface area (Å²) in [6.07, 6.45) is 3.74. The summed E-state index contributed by atoms with van der Waals surface area (Å²) in [7, 11) is 1.57. The van der Waals surface area contributed by atoms with E-state index >= 15 is 0 Å². The smallest absolute Gasteiger partial charge is 0.172 e. The number of methoxy groups -OCH3 is 1. The fraction of sp³-hybridized carbons (Fsp3) is 0.625. The monoisotopic (exact) mass is 357 g/mol. The highest BCUT2D eigenvalue weighted by Crippen LogP contribution is 2.35. The fourth-order valence-corrected chi connectivity index (χ4v) is 3.20. The van der Waals surface area contributed by atoms with Crippen molar-refractivity contribution in [3.05, 3.63) is 22.2 Å². The van der Waals surface area contributed by atoms with Crippen LogP contribution in [-0.2, 0) is 11.3 Å². The molecule has 1 saturated heterocycles.